The predicted molar refractivity (Wildman–Crippen MR) is 117 cm³/mol. The number of carbonyl (C=O) groups excluding carboxylic acids is 1. The molecule has 2 rings (SSSR count). The summed E-state index contributed by atoms with van der Waals surface area (Å²) >= 11 is 0. The Balaban J connectivity index is 1.85. The van der Waals surface area contributed by atoms with Crippen LogP contribution in [0, 0.1) is 5.92 Å². The molecule has 0 bridgehead atoms. The van der Waals surface area contributed by atoms with E-state index in [0.717, 1.165) is 44.1 Å². The monoisotopic (exact) mass is 387 g/mol. The van der Waals surface area contributed by atoms with Crippen LogP contribution in [0.3, 0.4) is 0 Å². The predicted octanol–water partition coefficient (Wildman–Crippen LogP) is 2.26. The smallest absolute Gasteiger partial charge is 0.251 e. The molecule has 6 heteroatoms. The van der Waals surface area contributed by atoms with Gasteiger partial charge >= 0.3 is 0 Å². The zero-order valence-electron chi connectivity index (χ0n) is 17.9. The van der Waals surface area contributed by atoms with Crippen molar-refractivity contribution in [3.05, 3.63) is 35.4 Å². The van der Waals surface area contributed by atoms with Crippen molar-refractivity contribution < 1.29 is 4.79 Å². The van der Waals surface area contributed by atoms with Crippen LogP contribution in [0.4, 0.5) is 0 Å². The van der Waals surface area contributed by atoms with Crippen molar-refractivity contribution in [2.24, 2.45) is 10.9 Å². The lowest BCUT2D eigenvalue weighted by molar-refractivity contribution is 0.0963. The summed E-state index contributed by atoms with van der Waals surface area (Å²) in [4.78, 5) is 19.2. The van der Waals surface area contributed by atoms with Gasteiger partial charge in [0.1, 0.15) is 0 Å². The zero-order chi connectivity index (χ0) is 20.4. The Kier molecular flexibility index (Phi) is 9.28. The Morgan fingerprint density at radius 1 is 1.32 bits per heavy atom. The van der Waals surface area contributed by atoms with E-state index in [0.29, 0.717) is 17.5 Å². The molecule has 1 aromatic rings. The molecule has 1 fully saturated rings. The molecule has 1 unspecified atom stereocenters. The third-order valence-electron chi connectivity index (χ3n) is 5.25. The van der Waals surface area contributed by atoms with Crippen molar-refractivity contribution in [3.8, 4) is 0 Å². The third kappa shape index (κ3) is 7.15. The lowest BCUT2D eigenvalue weighted by Gasteiger charge is -2.34. The van der Waals surface area contributed by atoms with Crippen molar-refractivity contribution >= 4 is 11.9 Å². The van der Waals surface area contributed by atoms with Crippen LogP contribution >= 0.6 is 0 Å². The van der Waals surface area contributed by atoms with Crippen molar-refractivity contribution in [2.75, 3.05) is 39.8 Å². The lowest BCUT2D eigenvalue weighted by Crippen LogP contribution is -2.42. The highest BCUT2D eigenvalue weighted by Gasteiger charge is 2.21. The fraction of sp³-hybridized carbons (Fsp3) is 0.636. The minimum Gasteiger partial charge on any atom is -0.357 e. The van der Waals surface area contributed by atoms with Gasteiger partial charge in [-0.05, 0) is 70.2 Å². The molecule has 3 N–H and O–H groups in total. The van der Waals surface area contributed by atoms with Crippen LogP contribution in [0.2, 0.25) is 0 Å². The van der Waals surface area contributed by atoms with Gasteiger partial charge in [-0.25, -0.2) is 0 Å². The summed E-state index contributed by atoms with van der Waals surface area (Å²) in [6.45, 7) is 11.5. The topological polar surface area (TPSA) is 68.8 Å². The van der Waals surface area contributed by atoms with Gasteiger partial charge in [-0.15, -0.1) is 0 Å². The van der Waals surface area contributed by atoms with E-state index in [1.807, 2.05) is 18.2 Å². The standard InChI is InChI=1S/C22H37N5O/c1-5-24-22(26-15-19-9-7-13-27(16-19)17(2)3)25-12-11-18-8-6-10-20(14-18)21(28)23-4/h6,8,10,14,17,19H,5,7,9,11-13,15-16H2,1-4H3,(H,23,28)(H2,24,25,26). The van der Waals surface area contributed by atoms with Crippen molar-refractivity contribution in [1.82, 2.24) is 20.9 Å². The van der Waals surface area contributed by atoms with Gasteiger partial charge in [-0.1, -0.05) is 12.1 Å². The number of likely N-dealkylation sites (tertiary alicyclic amines) is 1. The molecule has 0 spiro atoms. The second kappa shape index (κ2) is 11.7. The second-order valence-corrected chi connectivity index (χ2v) is 7.77. The minimum atomic E-state index is -0.0485. The Morgan fingerprint density at radius 2 is 2.14 bits per heavy atom. The van der Waals surface area contributed by atoms with E-state index in [-0.39, 0.29) is 5.91 Å². The first kappa shape index (κ1) is 22.2. The molecule has 6 nitrogen and oxygen atoms in total. The van der Waals surface area contributed by atoms with Gasteiger partial charge < -0.3 is 20.9 Å². The van der Waals surface area contributed by atoms with Gasteiger partial charge in [0.2, 0.25) is 0 Å². The highest BCUT2D eigenvalue weighted by atomic mass is 16.1. The lowest BCUT2D eigenvalue weighted by atomic mass is 9.97. The van der Waals surface area contributed by atoms with E-state index < -0.39 is 0 Å². The molecule has 0 aromatic heterocycles. The summed E-state index contributed by atoms with van der Waals surface area (Å²) in [5.41, 5.74) is 1.84. The molecule has 0 radical (unpaired) electrons. The maximum absolute atomic E-state index is 11.8. The number of nitrogens with zero attached hydrogens (tertiary/aromatic N) is 2. The van der Waals surface area contributed by atoms with E-state index in [2.05, 4.69) is 47.7 Å². The molecule has 28 heavy (non-hydrogen) atoms. The number of aliphatic imine (C=N–C) groups is 1. The molecule has 1 atom stereocenters. The van der Waals surface area contributed by atoms with E-state index in [4.69, 9.17) is 4.99 Å². The molecule has 1 aromatic carbocycles. The van der Waals surface area contributed by atoms with Crippen LogP contribution in [0.15, 0.2) is 29.3 Å². The van der Waals surface area contributed by atoms with E-state index in [9.17, 15) is 4.79 Å². The summed E-state index contributed by atoms with van der Waals surface area (Å²) in [7, 11) is 1.66. The van der Waals surface area contributed by atoms with Crippen LogP contribution in [0.5, 0.6) is 0 Å². The fourth-order valence-corrected chi connectivity index (χ4v) is 3.62. The molecule has 1 aliphatic rings. The van der Waals surface area contributed by atoms with Crippen molar-refractivity contribution in [3.63, 3.8) is 0 Å². The van der Waals surface area contributed by atoms with Gasteiger partial charge in [0, 0.05) is 44.8 Å². The number of carbonyl (C=O) groups is 1. The highest BCUT2D eigenvalue weighted by molar-refractivity contribution is 5.94. The minimum absolute atomic E-state index is 0.0485. The van der Waals surface area contributed by atoms with Crippen molar-refractivity contribution in [2.45, 2.75) is 46.1 Å². The molecular formula is C22H37N5O. The van der Waals surface area contributed by atoms with Crippen LogP contribution in [0.25, 0.3) is 0 Å². The van der Waals surface area contributed by atoms with Gasteiger partial charge in [-0.3, -0.25) is 9.79 Å². The molecule has 1 amide bonds. The fourth-order valence-electron chi connectivity index (χ4n) is 3.62. The van der Waals surface area contributed by atoms with Crippen LogP contribution < -0.4 is 16.0 Å². The number of hydrogen-bond donors (Lipinski definition) is 3. The molecule has 1 saturated heterocycles. The molecule has 1 heterocycles. The second-order valence-electron chi connectivity index (χ2n) is 7.77. The number of guanidine groups is 1. The zero-order valence-corrected chi connectivity index (χ0v) is 17.9. The van der Waals surface area contributed by atoms with Gasteiger partial charge in [0.15, 0.2) is 5.96 Å². The first-order valence-corrected chi connectivity index (χ1v) is 10.6. The Bertz CT molecular complexity index is 644. The maximum Gasteiger partial charge on any atom is 0.251 e. The Hall–Kier alpha value is -2.08. The summed E-state index contributed by atoms with van der Waals surface area (Å²) < 4.78 is 0. The van der Waals surface area contributed by atoms with Crippen LogP contribution in [-0.2, 0) is 6.42 Å². The number of piperidine rings is 1. The number of benzene rings is 1. The quantitative estimate of drug-likeness (QED) is 0.473. The van der Waals surface area contributed by atoms with Gasteiger partial charge in [-0.2, -0.15) is 0 Å². The van der Waals surface area contributed by atoms with Crippen LogP contribution in [-0.4, -0.2) is 62.6 Å². The molecule has 156 valence electrons. The number of hydrogen-bond acceptors (Lipinski definition) is 3. The van der Waals surface area contributed by atoms with E-state index in [1.165, 1.54) is 19.4 Å². The van der Waals surface area contributed by atoms with E-state index in [1.54, 1.807) is 7.05 Å². The van der Waals surface area contributed by atoms with Crippen molar-refractivity contribution in [1.29, 1.82) is 0 Å². The third-order valence-corrected chi connectivity index (χ3v) is 5.25. The van der Waals surface area contributed by atoms with Gasteiger partial charge in [0.05, 0.1) is 0 Å². The first-order valence-electron chi connectivity index (χ1n) is 10.6. The molecule has 0 aliphatic carbocycles. The molecule has 0 saturated carbocycles. The highest BCUT2D eigenvalue weighted by Crippen LogP contribution is 2.18. The van der Waals surface area contributed by atoms with Crippen LogP contribution in [0.1, 0.15) is 49.5 Å². The number of rotatable bonds is 8. The Morgan fingerprint density at radius 3 is 2.86 bits per heavy atom. The SMILES string of the molecule is CCNC(=NCC1CCCN(C(C)C)C1)NCCc1cccc(C(=O)NC)c1. The summed E-state index contributed by atoms with van der Waals surface area (Å²) in [6.07, 6.45) is 3.38. The number of nitrogens with one attached hydrogen (secondary N) is 3. The normalized spacial score (nSPS) is 18.2. The Labute approximate surface area is 170 Å². The summed E-state index contributed by atoms with van der Waals surface area (Å²) in [5, 5.41) is 9.44. The average molecular weight is 388 g/mol. The molecule has 1 aliphatic heterocycles. The summed E-state index contributed by atoms with van der Waals surface area (Å²) in [5.74, 6) is 1.47. The average Bonchev–Trinajstić information content (AvgIpc) is 2.71. The first-order chi connectivity index (χ1) is 13.5. The largest absolute Gasteiger partial charge is 0.357 e. The maximum atomic E-state index is 11.8. The summed E-state index contributed by atoms with van der Waals surface area (Å²) in [6, 6.07) is 8.39. The van der Waals surface area contributed by atoms with E-state index >= 15 is 0 Å². The number of amides is 1. The molecular weight excluding hydrogens is 350 g/mol. The van der Waals surface area contributed by atoms with Gasteiger partial charge in [0.25, 0.3) is 5.91 Å².